The average molecular weight is 357 g/mol. The van der Waals surface area contributed by atoms with Crippen LogP contribution in [0.4, 0.5) is 5.69 Å². The molecule has 0 radical (unpaired) electrons. The van der Waals surface area contributed by atoms with Gasteiger partial charge in [0.1, 0.15) is 0 Å². The van der Waals surface area contributed by atoms with E-state index >= 15 is 0 Å². The molecule has 3 rings (SSSR count). The van der Waals surface area contributed by atoms with Crippen LogP contribution in [0.15, 0.2) is 42.5 Å². The minimum Gasteiger partial charge on any atom is -0.347 e. The van der Waals surface area contributed by atoms with Gasteiger partial charge in [-0.25, -0.2) is 4.90 Å². The topological polar surface area (TPSA) is 66.5 Å². The predicted octanol–water partition coefficient (Wildman–Crippen LogP) is 3.67. The van der Waals surface area contributed by atoms with Crippen molar-refractivity contribution in [3.8, 4) is 0 Å². The Morgan fingerprint density at radius 3 is 2.28 bits per heavy atom. The Labute approximate surface area is 150 Å². The summed E-state index contributed by atoms with van der Waals surface area (Å²) in [7, 11) is 0. The SMILES string of the molecule is CC(C)(C)NC(=O)c1ccc2c(c1)C(=O)N(c1ccccc1Cl)C2=O. The molecule has 0 aliphatic carbocycles. The number of fused-ring (bicyclic) bond motifs is 1. The molecule has 2 aromatic rings. The monoisotopic (exact) mass is 356 g/mol. The number of carbonyl (C=O) groups is 3. The maximum atomic E-state index is 12.7. The van der Waals surface area contributed by atoms with E-state index in [4.69, 9.17) is 11.6 Å². The highest BCUT2D eigenvalue weighted by atomic mass is 35.5. The van der Waals surface area contributed by atoms with Gasteiger partial charge >= 0.3 is 0 Å². The lowest BCUT2D eigenvalue weighted by molar-refractivity contribution is 0.0912. The summed E-state index contributed by atoms with van der Waals surface area (Å²) in [4.78, 5) is 38.7. The highest BCUT2D eigenvalue weighted by molar-refractivity contribution is 6.39. The number of imide groups is 1. The molecule has 0 bridgehead atoms. The van der Waals surface area contributed by atoms with E-state index in [1.54, 1.807) is 30.3 Å². The Bertz CT molecular complexity index is 900. The van der Waals surface area contributed by atoms with Crippen molar-refractivity contribution in [3.63, 3.8) is 0 Å². The maximum Gasteiger partial charge on any atom is 0.266 e. The number of nitrogens with one attached hydrogen (secondary N) is 1. The molecule has 0 saturated carbocycles. The van der Waals surface area contributed by atoms with Crippen LogP contribution >= 0.6 is 11.6 Å². The standard InChI is InChI=1S/C19H17ClN2O3/c1-19(2,3)21-16(23)11-8-9-12-13(10-11)18(25)22(17(12)24)15-7-5-4-6-14(15)20/h4-10H,1-3H3,(H,21,23). The van der Waals surface area contributed by atoms with Crippen molar-refractivity contribution in [3.05, 3.63) is 64.2 Å². The van der Waals surface area contributed by atoms with Crippen molar-refractivity contribution in [1.29, 1.82) is 0 Å². The molecule has 3 amide bonds. The number of benzene rings is 2. The summed E-state index contributed by atoms with van der Waals surface area (Å²) in [6, 6.07) is 11.1. The largest absolute Gasteiger partial charge is 0.347 e. The minimum atomic E-state index is -0.487. The number of halogens is 1. The van der Waals surface area contributed by atoms with Gasteiger partial charge in [-0.05, 0) is 51.1 Å². The van der Waals surface area contributed by atoms with Crippen LogP contribution in [-0.2, 0) is 0 Å². The van der Waals surface area contributed by atoms with E-state index in [-0.39, 0.29) is 17.0 Å². The smallest absolute Gasteiger partial charge is 0.266 e. The summed E-state index contributed by atoms with van der Waals surface area (Å²) in [6.45, 7) is 5.60. The molecule has 2 aromatic carbocycles. The number of anilines is 1. The molecule has 0 saturated heterocycles. The van der Waals surface area contributed by atoms with Crippen LogP contribution < -0.4 is 10.2 Å². The number of nitrogens with zero attached hydrogens (tertiary/aromatic N) is 1. The number of hydrogen-bond donors (Lipinski definition) is 1. The Morgan fingerprint density at radius 1 is 1.00 bits per heavy atom. The quantitative estimate of drug-likeness (QED) is 0.835. The molecule has 6 heteroatoms. The summed E-state index contributed by atoms with van der Waals surface area (Å²) in [5.41, 5.74) is 0.718. The summed E-state index contributed by atoms with van der Waals surface area (Å²) >= 11 is 6.12. The van der Waals surface area contributed by atoms with Gasteiger partial charge in [-0.1, -0.05) is 23.7 Å². The van der Waals surface area contributed by atoms with Crippen LogP contribution in [0.5, 0.6) is 0 Å². The second-order valence-electron chi connectivity index (χ2n) is 6.86. The maximum absolute atomic E-state index is 12.7. The normalized spacial score (nSPS) is 13.8. The molecule has 25 heavy (non-hydrogen) atoms. The molecule has 1 aliphatic heterocycles. The highest BCUT2D eigenvalue weighted by Gasteiger charge is 2.38. The summed E-state index contributed by atoms with van der Waals surface area (Å²) in [5.74, 6) is -1.24. The third kappa shape index (κ3) is 3.15. The lowest BCUT2D eigenvalue weighted by atomic mass is 10.0. The van der Waals surface area contributed by atoms with E-state index in [1.807, 2.05) is 20.8 Å². The molecule has 5 nitrogen and oxygen atoms in total. The molecule has 0 atom stereocenters. The summed E-state index contributed by atoms with van der Waals surface area (Å²) < 4.78 is 0. The van der Waals surface area contributed by atoms with Gasteiger partial charge < -0.3 is 5.32 Å². The van der Waals surface area contributed by atoms with Gasteiger partial charge in [0.15, 0.2) is 0 Å². The van der Waals surface area contributed by atoms with E-state index in [0.717, 1.165) is 4.90 Å². The Morgan fingerprint density at radius 2 is 1.64 bits per heavy atom. The summed E-state index contributed by atoms with van der Waals surface area (Å²) in [5, 5.41) is 3.14. The van der Waals surface area contributed by atoms with Gasteiger partial charge in [-0.15, -0.1) is 0 Å². The number of carbonyl (C=O) groups excluding carboxylic acids is 3. The van der Waals surface area contributed by atoms with Crippen LogP contribution in [0.2, 0.25) is 5.02 Å². The predicted molar refractivity (Wildman–Crippen MR) is 96.3 cm³/mol. The first-order valence-corrected chi connectivity index (χ1v) is 8.17. The van der Waals surface area contributed by atoms with Gasteiger partial charge in [0.25, 0.3) is 17.7 Å². The third-order valence-corrected chi connectivity index (χ3v) is 4.05. The zero-order valence-electron chi connectivity index (χ0n) is 14.1. The molecule has 128 valence electrons. The zero-order valence-corrected chi connectivity index (χ0v) is 14.8. The van der Waals surface area contributed by atoms with Crippen LogP contribution in [-0.4, -0.2) is 23.3 Å². The molecule has 0 aromatic heterocycles. The van der Waals surface area contributed by atoms with E-state index in [0.29, 0.717) is 16.3 Å². The van der Waals surface area contributed by atoms with Gasteiger partial charge in [0, 0.05) is 11.1 Å². The number of hydrogen-bond acceptors (Lipinski definition) is 3. The van der Waals surface area contributed by atoms with E-state index in [2.05, 4.69) is 5.32 Å². The van der Waals surface area contributed by atoms with Gasteiger partial charge in [-0.3, -0.25) is 14.4 Å². The van der Waals surface area contributed by atoms with E-state index < -0.39 is 17.4 Å². The lowest BCUT2D eigenvalue weighted by Gasteiger charge is -2.20. The third-order valence-electron chi connectivity index (χ3n) is 3.73. The number of rotatable bonds is 2. The van der Waals surface area contributed by atoms with E-state index in [1.165, 1.54) is 12.1 Å². The first-order valence-electron chi connectivity index (χ1n) is 7.79. The van der Waals surface area contributed by atoms with Crippen LogP contribution in [0.3, 0.4) is 0 Å². The first kappa shape index (κ1) is 17.2. The van der Waals surface area contributed by atoms with Crippen molar-refractivity contribution in [2.45, 2.75) is 26.3 Å². The van der Waals surface area contributed by atoms with Gasteiger partial charge in [0.05, 0.1) is 21.8 Å². The fraction of sp³-hybridized carbons (Fsp3) is 0.211. The van der Waals surface area contributed by atoms with Crippen molar-refractivity contribution in [2.75, 3.05) is 4.90 Å². The Hall–Kier alpha value is -2.66. The van der Waals surface area contributed by atoms with Crippen LogP contribution in [0.25, 0.3) is 0 Å². The zero-order chi connectivity index (χ0) is 18.4. The van der Waals surface area contributed by atoms with Gasteiger partial charge in [-0.2, -0.15) is 0 Å². The molecular weight excluding hydrogens is 340 g/mol. The van der Waals surface area contributed by atoms with E-state index in [9.17, 15) is 14.4 Å². The molecule has 0 fully saturated rings. The molecular formula is C19H17ClN2O3. The van der Waals surface area contributed by atoms with Crippen molar-refractivity contribution < 1.29 is 14.4 Å². The molecule has 0 unspecified atom stereocenters. The molecule has 1 aliphatic rings. The molecule has 1 heterocycles. The fourth-order valence-electron chi connectivity index (χ4n) is 2.65. The lowest BCUT2D eigenvalue weighted by Crippen LogP contribution is -2.40. The average Bonchev–Trinajstić information content (AvgIpc) is 2.78. The molecule has 0 spiro atoms. The fourth-order valence-corrected chi connectivity index (χ4v) is 2.87. The van der Waals surface area contributed by atoms with Crippen molar-refractivity contribution in [1.82, 2.24) is 5.32 Å². The van der Waals surface area contributed by atoms with Crippen LogP contribution in [0, 0.1) is 0 Å². The Kier molecular flexibility index (Phi) is 4.13. The van der Waals surface area contributed by atoms with Gasteiger partial charge in [0.2, 0.25) is 0 Å². The van der Waals surface area contributed by atoms with Crippen molar-refractivity contribution in [2.24, 2.45) is 0 Å². The second kappa shape index (κ2) is 6.01. The minimum absolute atomic E-state index is 0.200. The van der Waals surface area contributed by atoms with Crippen LogP contribution in [0.1, 0.15) is 51.8 Å². The van der Waals surface area contributed by atoms with Crippen molar-refractivity contribution >= 4 is 35.0 Å². The Balaban J connectivity index is 1.99. The molecule has 1 N–H and O–H groups in total. The first-order chi connectivity index (χ1) is 11.7. The number of para-hydroxylation sites is 1. The highest BCUT2D eigenvalue weighted by Crippen LogP contribution is 2.33. The second-order valence-corrected chi connectivity index (χ2v) is 7.27. The summed E-state index contributed by atoms with van der Waals surface area (Å²) in [6.07, 6.45) is 0. The number of amides is 3.